The molecule has 0 atom stereocenters. The molecule has 0 radical (unpaired) electrons. The summed E-state index contributed by atoms with van der Waals surface area (Å²) in [7, 11) is 0. The molecule has 11 heteroatoms. The van der Waals surface area contributed by atoms with E-state index in [1.807, 2.05) is 0 Å². The molecule has 1 N–H and O–H groups in total. The highest BCUT2D eigenvalue weighted by Crippen LogP contribution is 2.22. The van der Waals surface area contributed by atoms with E-state index in [0.29, 0.717) is 11.3 Å². The predicted molar refractivity (Wildman–Crippen MR) is 99.5 cm³/mol. The molecule has 3 rings (SSSR count). The summed E-state index contributed by atoms with van der Waals surface area (Å²) in [4.78, 5) is 28.2. The first kappa shape index (κ1) is 18.4. The Balaban J connectivity index is 1.62. The number of rotatable bonds is 7. The van der Waals surface area contributed by atoms with Crippen LogP contribution in [0.25, 0.3) is 0 Å². The largest absolute Gasteiger partial charge is 0.439 e. The molecule has 140 valence electrons. The van der Waals surface area contributed by atoms with Gasteiger partial charge in [0.15, 0.2) is 0 Å². The molecule has 1 aromatic carbocycles. The number of benzene rings is 1. The Morgan fingerprint density at radius 1 is 1.00 bits per heavy atom. The van der Waals surface area contributed by atoms with Crippen molar-refractivity contribution in [3.8, 4) is 11.6 Å². The van der Waals surface area contributed by atoms with Crippen LogP contribution in [0.15, 0.2) is 66.0 Å². The van der Waals surface area contributed by atoms with Crippen molar-refractivity contribution in [3.05, 3.63) is 86.7 Å². The van der Waals surface area contributed by atoms with Crippen LogP contribution in [0.3, 0.4) is 0 Å². The Bertz CT molecular complexity index is 1020. The van der Waals surface area contributed by atoms with Crippen LogP contribution in [-0.4, -0.2) is 26.0 Å². The van der Waals surface area contributed by atoms with E-state index >= 15 is 0 Å². The van der Waals surface area contributed by atoms with E-state index < -0.39 is 9.85 Å². The molecular weight excluding hydrogens is 368 g/mol. The zero-order chi connectivity index (χ0) is 19.9. The second-order valence-corrected chi connectivity index (χ2v) is 5.28. The maximum Gasteiger partial charge on any atom is 0.313 e. The summed E-state index contributed by atoms with van der Waals surface area (Å²) in [6.07, 6.45) is 3.99. The smallest absolute Gasteiger partial charge is 0.313 e. The third-order valence-electron chi connectivity index (χ3n) is 3.40. The molecule has 0 aliphatic heterocycles. The third kappa shape index (κ3) is 4.60. The van der Waals surface area contributed by atoms with Crippen LogP contribution in [0, 0.1) is 20.2 Å². The lowest BCUT2D eigenvalue weighted by Gasteiger charge is -2.04. The molecule has 0 spiro atoms. The minimum absolute atomic E-state index is 0.0351. The fourth-order valence-electron chi connectivity index (χ4n) is 2.08. The Kier molecular flexibility index (Phi) is 5.46. The monoisotopic (exact) mass is 380 g/mol. The topological polar surface area (TPSA) is 146 Å². The van der Waals surface area contributed by atoms with Crippen LogP contribution in [0.5, 0.6) is 11.6 Å². The Morgan fingerprint density at radius 3 is 2.43 bits per heavy atom. The van der Waals surface area contributed by atoms with Crippen molar-refractivity contribution in [1.29, 1.82) is 0 Å². The Labute approximate surface area is 157 Å². The number of nitrogens with one attached hydrogen (secondary N) is 1. The zero-order valence-electron chi connectivity index (χ0n) is 14.1. The van der Waals surface area contributed by atoms with Gasteiger partial charge in [-0.25, -0.2) is 9.97 Å². The summed E-state index contributed by atoms with van der Waals surface area (Å²) in [5.41, 5.74) is 2.93. The van der Waals surface area contributed by atoms with Crippen LogP contribution < -0.4 is 10.2 Å². The average molecular weight is 380 g/mol. The number of hydrazone groups is 1. The molecule has 2 aromatic heterocycles. The molecule has 0 unspecified atom stereocenters. The normalized spacial score (nSPS) is 10.6. The summed E-state index contributed by atoms with van der Waals surface area (Å²) >= 11 is 0. The minimum Gasteiger partial charge on any atom is -0.439 e. The van der Waals surface area contributed by atoms with Gasteiger partial charge in [-0.1, -0.05) is 0 Å². The number of hydrogen-bond acceptors (Lipinski definition) is 9. The van der Waals surface area contributed by atoms with E-state index in [-0.39, 0.29) is 23.1 Å². The lowest BCUT2D eigenvalue weighted by Crippen LogP contribution is -1.99. The highest BCUT2D eigenvalue weighted by Gasteiger charge is 2.12. The van der Waals surface area contributed by atoms with Crippen LogP contribution in [-0.2, 0) is 0 Å². The van der Waals surface area contributed by atoms with Gasteiger partial charge in [0, 0.05) is 24.4 Å². The summed E-state index contributed by atoms with van der Waals surface area (Å²) in [5.74, 6) is 0.732. The second-order valence-electron chi connectivity index (χ2n) is 5.28. The first-order chi connectivity index (χ1) is 13.5. The van der Waals surface area contributed by atoms with Gasteiger partial charge in [0.2, 0.25) is 11.7 Å². The van der Waals surface area contributed by atoms with E-state index in [0.717, 1.165) is 6.20 Å². The van der Waals surface area contributed by atoms with Crippen molar-refractivity contribution in [2.75, 3.05) is 5.43 Å². The molecule has 0 bridgehead atoms. The van der Waals surface area contributed by atoms with E-state index in [9.17, 15) is 20.2 Å². The number of nitro groups is 2. The van der Waals surface area contributed by atoms with E-state index in [2.05, 4.69) is 20.5 Å². The fraction of sp³-hybridized carbons (Fsp3) is 0. The van der Waals surface area contributed by atoms with Crippen LogP contribution >= 0.6 is 0 Å². The van der Waals surface area contributed by atoms with E-state index in [1.165, 1.54) is 36.7 Å². The molecule has 0 saturated heterocycles. The predicted octanol–water partition coefficient (Wildman–Crippen LogP) is 3.53. The van der Waals surface area contributed by atoms with Gasteiger partial charge in [0.1, 0.15) is 11.9 Å². The SMILES string of the molecule is O=[N+]([O-])c1ccc(Oc2ccc(/C=N\Nc3ncccc3[N+](=O)[O-])cc2)nc1. The van der Waals surface area contributed by atoms with Crippen LogP contribution in [0.4, 0.5) is 17.2 Å². The van der Waals surface area contributed by atoms with Gasteiger partial charge < -0.3 is 4.74 Å². The molecular formula is C17H12N6O5. The quantitative estimate of drug-likeness (QED) is 0.372. The van der Waals surface area contributed by atoms with E-state index in [4.69, 9.17) is 4.74 Å². The van der Waals surface area contributed by atoms with Crippen LogP contribution in [0.1, 0.15) is 5.56 Å². The lowest BCUT2D eigenvalue weighted by atomic mass is 10.2. The number of pyridine rings is 2. The summed E-state index contributed by atoms with van der Waals surface area (Å²) in [6.45, 7) is 0. The molecule has 3 aromatic rings. The average Bonchev–Trinajstić information content (AvgIpc) is 2.70. The zero-order valence-corrected chi connectivity index (χ0v) is 14.1. The molecule has 0 aliphatic carbocycles. The highest BCUT2D eigenvalue weighted by molar-refractivity contribution is 5.80. The lowest BCUT2D eigenvalue weighted by molar-refractivity contribution is -0.385. The number of hydrogen-bond donors (Lipinski definition) is 1. The fourth-order valence-corrected chi connectivity index (χ4v) is 2.08. The van der Waals surface area contributed by atoms with Gasteiger partial charge in [-0.05, 0) is 35.9 Å². The summed E-state index contributed by atoms with van der Waals surface area (Å²) < 4.78 is 5.51. The molecule has 2 heterocycles. The Hall–Kier alpha value is -4.41. The van der Waals surface area contributed by atoms with Gasteiger partial charge in [-0.15, -0.1) is 0 Å². The number of ether oxygens (including phenoxy) is 1. The van der Waals surface area contributed by atoms with Crippen LogP contribution in [0.2, 0.25) is 0 Å². The number of aromatic nitrogens is 2. The first-order valence-corrected chi connectivity index (χ1v) is 7.80. The second kappa shape index (κ2) is 8.31. The molecule has 0 aliphatic rings. The van der Waals surface area contributed by atoms with Gasteiger partial charge in [-0.3, -0.25) is 25.7 Å². The third-order valence-corrected chi connectivity index (χ3v) is 3.40. The van der Waals surface area contributed by atoms with Crippen molar-refractivity contribution in [3.63, 3.8) is 0 Å². The van der Waals surface area contributed by atoms with Gasteiger partial charge in [0.05, 0.1) is 16.1 Å². The summed E-state index contributed by atoms with van der Waals surface area (Å²) in [5, 5.41) is 25.5. The van der Waals surface area contributed by atoms with Crippen molar-refractivity contribution in [2.45, 2.75) is 0 Å². The van der Waals surface area contributed by atoms with Gasteiger partial charge in [-0.2, -0.15) is 5.10 Å². The maximum absolute atomic E-state index is 10.9. The molecule has 0 saturated carbocycles. The Morgan fingerprint density at radius 2 is 1.79 bits per heavy atom. The maximum atomic E-state index is 10.9. The minimum atomic E-state index is -0.552. The number of nitrogens with zero attached hydrogens (tertiary/aromatic N) is 5. The van der Waals surface area contributed by atoms with Crippen molar-refractivity contribution in [2.24, 2.45) is 5.10 Å². The highest BCUT2D eigenvalue weighted by atomic mass is 16.6. The van der Waals surface area contributed by atoms with Crippen molar-refractivity contribution < 1.29 is 14.6 Å². The van der Waals surface area contributed by atoms with Crippen molar-refractivity contribution >= 4 is 23.4 Å². The first-order valence-electron chi connectivity index (χ1n) is 7.80. The van der Waals surface area contributed by atoms with E-state index in [1.54, 1.807) is 24.3 Å². The molecule has 28 heavy (non-hydrogen) atoms. The molecule has 0 amide bonds. The number of anilines is 1. The van der Waals surface area contributed by atoms with Gasteiger partial charge in [0.25, 0.3) is 5.69 Å². The molecule has 0 fully saturated rings. The standard InChI is InChI=1S/C17H12N6O5/c24-22(25)13-5-8-16(19-11-13)28-14-6-3-12(4-7-14)10-20-21-17-15(23(26)27)2-1-9-18-17/h1-11H,(H,18,21)/b20-10-. The molecule has 11 nitrogen and oxygen atoms in total. The van der Waals surface area contributed by atoms with Crippen molar-refractivity contribution in [1.82, 2.24) is 9.97 Å². The van der Waals surface area contributed by atoms with Gasteiger partial charge >= 0.3 is 5.69 Å². The summed E-state index contributed by atoms with van der Waals surface area (Å²) in [6, 6.07) is 12.2.